The Balaban J connectivity index is 1.37. The van der Waals surface area contributed by atoms with E-state index in [1.165, 1.54) is 11.3 Å². The molecule has 1 amide bonds. The highest BCUT2D eigenvalue weighted by molar-refractivity contribution is 7.13. The molecule has 2 fully saturated rings. The van der Waals surface area contributed by atoms with Crippen LogP contribution in [0.15, 0.2) is 30.9 Å². The van der Waals surface area contributed by atoms with Crippen molar-refractivity contribution in [3.05, 3.63) is 40.6 Å². The van der Waals surface area contributed by atoms with Crippen molar-refractivity contribution in [3.8, 4) is 11.3 Å². The molecule has 2 aliphatic heterocycles. The first kappa shape index (κ1) is 21.9. The number of thiophene rings is 1. The lowest BCUT2D eigenvalue weighted by atomic mass is 10.2. The lowest BCUT2D eigenvalue weighted by molar-refractivity contribution is 0.0792. The lowest BCUT2D eigenvalue weighted by Gasteiger charge is -2.27. The van der Waals surface area contributed by atoms with Gasteiger partial charge in [0.05, 0.1) is 30.5 Å². The summed E-state index contributed by atoms with van der Waals surface area (Å²) in [6.07, 6.45) is 5.95. The number of carbonyl (C=O) groups excluding carboxylic acids is 1. The van der Waals surface area contributed by atoms with E-state index in [1.807, 2.05) is 24.0 Å². The fourth-order valence-electron chi connectivity index (χ4n) is 4.60. The molecule has 0 bridgehead atoms. The lowest BCUT2D eigenvalue weighted by Crippen LogP contribution is -2.37. The number of anilines is 2. The Morgan fingerprint density at radius 2 is 1.91 bits per heavy atom. The Morgan fingerprint density at radius 3 is 2.66 bits per heavy atom. The first-order chi connectivity index (χ1) is 17.1. The average Bonchev–Trinajstić information content (AvgIpc) is 3.63. The third-order valence-electron chi connectivity index (χ3n) is 6.44. The number of morpholine rings is 1. The number of imidazole rings is 1. The summed E-state index contributed by atoms with van der Waals surface area (Å²) in [4.78, 5) is 41.7. The number of likely N-dealkylation sites (tertiary alicyclic amines) is 1. The van der Waals surface area contributed by atoms with Gasteiger partial charge in [-0.05, 0) is 25.5 Å². The van der Waals surface area contributed by atoms with Gasteiger partial charge in [-0.1, -0.05) is 0 Å². The minimum Gasteiger partial charge on any atom is -0.378 e. The van der Waals surface area contributed by atoms with Crippen molar-refractivity contribution in [1.29, 1.82) is 0 Å². The van der Waals surface area contributed by atoms with Gasteiger partial charge in [-0.3, -0.25) is 4.79 Å². The summed E-state index contributed by atoms with van der Waals surface area (Å²) in [7, 11) is 0. The van der Waals surface area contributed by atoms with Crippen LogP contribution in [0.4, 0.5) is 11.9 Å². The first-order valence-corrected chi connectivity index (χ1v) is 12.4. The normalized spacial score (nSPS) is 18.5. The van der Waals surface area contributed by atoms with Crippen LogP contribution in [0.3, 0.4) is 0 Å². The van der Waals surface area contributed by atoms with Gasteiger partial charge in [-0.2, -0.15) is 4.98 Å². The monoisotopic (exact) mass is 491 g/mol. The zero-order valence-electron chi connectivity index (χ0n) is 19.3. The van der Waals surface area contributed by atoms with Crippen LogP contribution >= 0.6 is 11.3 Å². The second kappa shape index (κ2) is 8.86. The minimum atomic E-state index is 0.0768. The number of aryl methyl sites for hydroxylation is 1. The number of hydrogen-bond acceptors (Lipinski definition) is 10. The molecule has 0 saturated carbocycles. The van der Waals surface area contributed by atoms with Crippen molar-refractivity contribution in [2.24, 2.45) is 0 Å². The summed E-state index contributed by atoms with van der Waals surface area (Å²) in [6.45, 7) is 6.00. The van der Waals surface area contributed by atoms with Gasteiger partial charge in [-0.25, -0.2) is 19.9 Å². The SMILES string of the molecule is Cc1ccc(C(=O)N2CCC(n3cnc4c(-c5cnc(N)nc5)nc(N5CCOCC5)nc43)C2)s1. The molecule has 0 radical (unpaired) electrons. The van der Waals surface area contributed by atoms with E-state index in [2.05, 4.69) is 24.4 Å². The van der Waals surface area contributed by atoms with Crippen molar-refractivity contribution < 1.29 is 9.53 Å². The van der Waals surface area contributed by atoms with Crippen LogP contribution in [0, 0.1) is 6.92 Å². The number of nitrogens with two attached hydrogens (primary N) is 1. The Hall–Kier alpha value is -3.64. The molecule has 180 valence electrons. The van der Waals surface area contributed by atoms with Gasteiger partial charge >= 0.3 is 0 Å². The fourth-order valence-corrected chi connectivity index (χ4v) is 5.43. The number of amides is 1. The van der Waals surface area contributed by atoms with E-state index < -0.39 is 0 Å². The highest BCUT2D eigenvalue weighted by atomic mass is 32.1. The molecule has 0 aliphatic carbocycles. The van der Waals surface area contributed by atoms with Gasteiger partial charge in [0.1, 0.15) is 11.2 Å². The molecule has 12 heteroatoms. The maximum atomic E-state index is 13.0. The minimum absolute atomic E-state index is 0.0768. The van der Waals surface area contributed by atoms with Crippen molar-refractivity contribution in [2.45, 2.75) is 19.4 Å². The quantitative estimate of drug-likeness (QED) is 0.457. The predicted molar refractivity (Wildman–Crippen MR) is 132 cm³/mol. The molecule has 1 unspecified atom stereocenters. The average molecular weight is 492 g/mol. The number of nitrogens with zero attached hydrogens (tertiary/aromatic N) is 8. The molecule has 2 aliphatic rings. The number of nitrogen functional groups attached to an aromatic ring is 1. The summed E-state index contributed by atoms with van der Waals surface area (Å²) in [5.41, 5.74) is 8.50. The zero-order valence-corrected chi connectivity index (χ0v) is 20.1. The fraction of sp³-hybridized carbons (Fsp3) is 0.391. The summed E-state index contributed by atoms with van der Waals surface area (Å²) in [6, 6.07) is 3.97. The topological polar surface area (TPSA) is 128 Å². The molecule has 2 saturated heterocycles. The molecule has 2 N–H and O–H groups in total. The molecule has 35 heavy (non-hydrogen) atoms. The molecular weight excluding hydrogens is 466 g/mol. The van der Waals surface area contributed by atoms with Gasteiger partial charge in [-0.15, -0.1) is 11.3 Å². The van der Waals surface area contributed by atoms with E-state index >= 15 is 0 Å². The Labute approximate surface area is 205 Å². The van der Waals surface area contributed by atoms with Crippen molar-refractivity contribution in [1.82, 2.24) is 34.4 Å². The number of rotatable bonds is 4. The number of hydrogen-bond donors (Lipinski definition) is 1. The highest BCUT2D eigenvalue weighted by Gasteiger charge is 2.31. The number of aromatic nitrogens is 6. The van der Waals surface area contributed by atoms with Crippen LogP contribution < -0.4 is 10.6 Å². The van der Waals surface area contributed by atoms with E-state index in [9.17, 15) is 4.79 Å². The van der Waals surface area contributed by atoms with E-state index in [0.29, 0.717) is 56.6 Å². The molecule has 0 spiro atoms. The van der Waals surface area contributed by atoms with E-state index in [4.69, 9.17) is 20.4 Å². The maximum absolute atomic E-state index is 13.0. The summed E-state index contributed by atoms with van der Waals surface area (Å²) in [5, 5.41) is 0. The van der Waals surface area contributed by atoms with Crippen LogP contribution in [-0.2, 0) is 4.74 Å². The van der Waals surface area contributed by atoms with Crippen LogP contribution in [0.1, 0.15) is 27.0 Å². The maximum Gasteiger partial charge on any atom is 0.263 e. The van der Waals surface area contributed by atoms with Crippen molar-refractivity contribution in [2.75, 3.05) is 50.0 Å². The Bertz CT molecular complexity index is 1380. The molecule has 1 atom stereocenters. The largest absolute Gasteiger partial charge is 0.378 e. The summed E-state index contributed by atoms with van der Waals surface area (Å²) in [5.74, 6) is 0.905. The van der Waals surface area contributed by atoms with Crippen molar-refractivity contribution >= 4 is 40.3 Å². The number of carbonyl (C=O) groups is 1. The number of ether oxygens (including phenoxy) is 1. The van der Waals surface area contributed by atoms with Crippen LogP contribution in [-0.4, -0.2) is 79.7 Å². The van der Waals surface area contributed by atoms with Crippen LogP contribution in [0.5, 0.6) is 0 Å². The van der Waals surface area contributed by atoms with Gasteiger partial charge in [0.25, 0.3) is 5.91 Å². The highest BCUT2D eigenvalue weighted by Crippen LogP contribution is 2.32. The molecule has 4 aromatic rings. The molecule has 11 nitrogen and oxygen atoms in total. The summed E-state index contributed by atoms with van der Waals surface area (Å²) < 4.78 is 7.59. The standard InChI is InChI=1S/C23H25N9O2S/c1-14-2-3-17(35-14)21(33)31-5-4-16(12-31)32-13-27-19-18(15-10-25-22(24)26-11-15)28-23(29-20(19)32)30-6-8-34-9-7-30/h2-3,10-11,13,16H,4-9,12H2,1H3,(H2,24,25,26). The van der Waals surface area contributed by atoms with E-state index in [1.54, 1.807) is 18.7 Å². The van der Waals surface area contributed by atoms with Crippen molar-refractivity contribution in [3.63, 3.8) is 0 Å². The molecular formula is C23H25N9O2S. The van der Waals surface area contributed by atoms with E-state index in [-0.39, 0.29) is 17.9 Å². The second-order valence-electron chi connectivity index (χ2n) is 8.73. The summed E-state index contributed by atoms with van der Waals surface area (Å²) >= 11 is 1.53. The van der Waals surface area contributed by atoms with Gasteiger partial charge < -0.3 is 24.8 Å². The van der Waals surface area contributed by atoms with Gasteiger partial charge in [0.15, 0.2) is 5.65 Å². The molecule has 6 heterocycles. The van der Waals surface area contributed by atoms with Crippen LogP contribution in [0.25, 0.3) is 22.4 Å². The first-order valence-electron chi connectivity index (χ1n) is 11.6. The Morgan fingerprint density at radius 1 is 1.11 bits per heavy atom. The van der Waals surface area contributed by atoms with E-state index in [0.717, 1.165) is 27.4 Å². The number of fused-ring (bicyclic) bond motifs is 1. The smallest absolute Gasteiger partial charge is 0.263 e. The molecule has 0 aromatic carbocycles. The third-order valence-corrected chi connectivity index (χ3v) is 7.43. The zero-order chi connectivity index (χ0) is 23.9. The van der Waals surface area contributed by atoms with Gasteiger partial charge in [0.2, 0.25) is 11.9 Å². The molecule has 4 aromatic heterocycles. The predicted octanol–water partition coefficient (Wildman–Crippen LogP) is 2.16. The van der Waals surface area contributed by atoms with Crippen LogP contribution in [0.2, 0.25) is 0 Å². The van der Waals surface area contributed by atoms with Gasteiger partial charge in [0, 0.05) is 49.0 Å². The second-order valence-corrected chi connectivity index (χ2v) is 10.0. The Kier molecular flexibility index (Phi) is 5.53. The third kappa shape index (κ3) is 4.08. The molecule has 6 rings (SSSR count).